The van der Waals surface area contributed by atoms with Gasteiger partial charge in [-0.15, -0.1) is 0 Å². The highest BCUT2D eigenvalue weighted by molar-refractivity contribution is 6.30. The lowest BCUT2D eigenvalue weighted by Crippen LogP contribution is -2.29. The van der Waals surface area contributed by atoms with E-state index in [0.717, 1.165) is 11.3 Å². The van der Waals surface area contributed by atoms with E-state index in [0.29, 0.717) is 16.4 Å². The Labute approximate surface area is 129 Å². The fraction of sp³-hybridized carbons (Fsp3) is 0.375. The first-order chi connectivity index (χ1) is 9.88. The van der Waals surface area contributed by atoms with Crippen LogP contribution < -0.4 is 10.9 Å². The molecule has 4 nitrogen and oxygen atoms in total. The summed E-state index contributed by atoms with van der Waals surface area (Å²) < 4.78 is 0. The van der Waals surface area contributed by atoms with Crippen molar-refractivity contribution < 1.29 is 0 Å². The van der Waals surface area contributed by atoms with Crippen molar-refractivity contribution in [3.63, 3.8) is 0 Å². The molecule has 0 bridgehead atoms. The lowest BCUT2D eigenvalue weighted by Gasteiger charge is -2.21. The highest BCUT2D eigenvalue weighted by Crippen LogP contribution is 2.20. The fourth-order valence-electron chi connectivity index (χ4n) is 2.55. The molecule has 0 aliphatic rings. The predicted molar refractivity (Wildman–Crippen MR) is 85.7 cm³/mol. The lowest BCUT2D eigenvalue weighted by atomic mass is 10.0. The zero-order valence-corrected chi connectivity index (χ0v) is 13.5. The molecule has 0 saturated heterocycles. The molecule has 2 rings (SSSR count). The van der Waals surface area contributed by atoms with Crippen molar-refractivity contribution in [3.05, 3.63) is 62.3 Å². The zero-order chi connectivity index (χ0) is 15.6. The Kier molecular flexibility index (Phi) is 4.80. The van der Waals surface area contributed by atoms with Gasteiger partial charge in [-0.25, -0.2) is 4.98 Å². The Balaban J connectivity index is 2.20. The molecule has 21 heavy (non-hydrogen) atoms. The number of H-pyrrole nitrogens is 1. The number of benzene rings is 1. The summed E-state index contributed by atoms with van der Waals surface area (Å²) in [5.74, 6) is 0.638. The van der Waals surface area contributed by atoms with Gasteiger partial charge in [-0.05, 0) is 45.4 Å². The van der Waals surface area contributed by atoms with Gasteiger partial charge < -0.3 is 10.3 Å². The largest absolute Gasteiger partial charge is 0.310 e. The number of hydrogen-bond donors (Lipinski definition) is 2. The smallest absolute Gasteiger partial charge is 0.255 e. The molecule has 1 aromatic carbocycles. The average Bonchev–Trinajstić information content (AvgIpc) is 2.37. The SMILES string of the molecule is Cc1nc(C)c(C(C)NC(C)c2ccc(Cl)cc2)c(=O)[nH]1. The second kappa shape index (κ2) is 6.41. The number of hydrogen-bond acceptors (Lipinski definition) is 3. The molecule has 0 amide bonds. The van der Waals surface area contributed by atoms with Gasteiger partial charge in [0.1, 0.15) is 5.82 Å². The maximum Gasteiger partial charge on any atom is 0.255 e. The molecule has 5 heteroatoms. The van der Waals surface area contributed by atoms with E-state index in [-0.39, 0.29) is 17.6 Å². The summed E-state index contributed by atoms with van der Waals surface area (Å²) in [6, 6.07) is 7.72. The molecule has 2 atom stereocenters. The van der Waals surface area contributed by atoms with E-state index in [4.69, 9.17) is 11.6 Å². The van der Waals surface area contributed by atoms with Crippen molar-refractivity contribution in [2.75, 3.05) is 0 Å². The topological polar surface area (TPSA) is 57.8 Å². The number of aromatic amines is 1. The van der Waals surface area contributed by atoms with E-state index in [1.54, 1.807) is 6.92 Å². The fourth-order valence-corrected chi connectivity index (χ4v) is 2.68. The van der Waals surface area contributed by atoms with Crippen LogP contribution in [0.5, 0.6) is 0 Å². The van der Waals surface area contributed by atoms with Crippen LogP contribution in [0.4, 0.5) is 0 Å². The van der Waals surface area contributed by atoms with Crippen molar-refractivity contribution in [2.24, 2.45) is 0 Å². The van der Waals surface area contributed by atoms with Crippen molar-refractivity contribution >= 4 is 11.6 Å². The Hall–Kier alpha value is -1.65. The normalized spacial score (nSPS) is 14.0. The summed E-state index contributed by atoms with van der Waals surface area (Å²) >= 11 is 5.90. The summed E-state index contributed by atoms with van der Waals surface area (Å²) in [5.41, 5.74) is 2.49. The molecule has 1 heterocycles. The number of aromatic nitrogens is 2. The second-order valence-electron chi connectivity index (χ2n) is 5.31. The second-order valence-corrected chi connectivity index (χ2v) is 5.75. The molecular weight excluding hydrogens is 286 g/mol. The highest BCUT2D eigenvalue weighted by Gasteiger charge is 2.17. The first kappa shape index (κ1) is 15.7. The zero-order valence-electron chi connectivity index (χ0n) is 12.7. The Bertz CT molecular complexity index is 679. The van der Waals surface area contributed by atoms with Crippen LogP contribution in [-0.4, -0.2) is 9.97 Å². The van der Waals surface area contributed by atoms with E-state index in [1.807, 2.05) is 38.1 Å². The van der Waals surface area contributed by atoms with Crippen molar-refractivity contribution in [1.29, 1.82) is 0 Å². The van der Waals surface area contributed by atoms with Gasteiger partial charge in [-0.2, -0.15) is 0 Å². The molecule has 0 aliphatic carbocycles. The predicted octanol–water partition coefficient (Wildman–Crippen LogP) is 3.45. The lowest BCUT2D eigenvalue weighted by molar-refractivity contribution is 0.487. The standard InChI is InChI=1S/C16H20ClN3O/c1-9(13-5-7-14(17)8-6-13)18-10(2)15-11(3)19-12(4)20-16(15)21/h5-10,18H,1-4H3,(H,19,20,21). The van der Waals surface area contributed by atoms with Gasteiger partial charge in [-0.3, -0.25) is 4.79 Å². The van der Waals surface area contributed by atoms with E-state index in [9.17, 15) is 4.79 Å². The Morgan fingerprint density at radius 2 is 1.76 bits per heavy atom. The number of nitrogens with zero attached hydrogens (tertiary/aromatic N) is 1. The van der Waals surface area contributed by atoms with Gasteiger partial charge in [-0.1, -0.05) is 23.7 Å². The molecule has 0 saturated carbocycles. The average molecular weight is 306 g/mol. The number of rotatable bonds is 4. The maximum atomic E-state index is 12.1. The molecule has 112 valence electrons. The van der Waals surface area contributed by atoms with Gasteiger partial charge in [0.15, 0.2) is 0 Å². The van der Waals surface area contributed by atoms with Crippen LogP contribution in [0.1, 0.15) is 48.6 Å². The summed E-state index contributed by atoms with van der Waals surface area (Å²) in [7, 11) is 0. The third-order valence-corrected chi connectivity index (χ3v) is 3.82. The van der Waals surface area contributed by atoms with E-state index in [1.165, 1.54) is 0 Å². The van der Waals surface area contributed by atoms with Crippen LogP contribution in [0, 0.1) is 13.8 Å². The monoisotopic (exact) mass is 305 g/mol. The van der Waals surface area contributed by atoms with Crippen molar-refractivity contribution in [2.45, 2.75) is 39.8 Å². The number of aryl methyl sites for hydroxylation is 2. The van der Waals surface area contributed by atoms with Crippen molar-refractivity contribution in [3.8, 4) is 0 Å². The van der Waals surface area contributed by atoms with E-state index < -0.39 is 0 Å². The Morgan fingerprint density at radius 3 is 2.33 bits per heavy atom. The molecular formula is C16H20ClN3O. The number of nitrogens with one attached hydrogen (secondary N) is 2. The third-order valence-electron chi connectivity index (χ3n) is 3.57. The molecule has 2 unspecified atom stereocenters. The minimum Gasteiger partial charge on any atom is -0.310 e. The Morgan fingerprint density at radius 1 is 1.14 bits per heavy atom. The molecule has 2 aromatic rings. The summed E-state index contributed by atoms with van der Waals surface area (Å²) in [6.07, 6.45) is 0. The number of halogens is 1. The van der Waals surface area contributed by atoms with Crippen LogP contribution in [0.25, 0.3) is 0 Å². The maximum absolute atomic E-state index is 12.1. The first-order valence-corrected chi connectivity index (χ1v) is 7.35. The van der Waals surface area contributed by atoms with Crippen LogP contribution in [0.2, 0.25) is 5.02 Å². The quantitative estimate of drug-likeness (QED) is 0.909. The van der Waals surface area contributed by atoms with Gasteiger partial charge in [0, 0.05) is 22.8 Å². The minimum absolute atomic E-state index is 0.0803. The molecule has 0 radical (unpaired) electrons. The summed E-state index contributed by atoms with van der Waals surface area (Å²) in [6.45, 7) is 7.68. The highest BCUT2D eigenvalue weighted by atomic mass is 35.5. The summed E-state index contributed by atoms with van der Waals surface area (Å²) in [5, 5.41) is 4.15. The van der Waals surface area contributed by atoms with Gasteiger partial charge in [0.05, 0.1) is 5.56 Å². The minimum atomic E-state index is -0.0903. The third kappa shape index (κ3) is 3.71. The first-order valence-electron chi connectivity index (χ1n) is 6.97. The van der Waals surface area contributed by atoms with Crippen LogP contribution in [0.15, 0.2) is 29.1 Å². The van der Waals surface area contributed by atoms with E-state index >= 15 is 0 Å². The van der Waals surface area contributed by atoms with Gasteiger partial charge >= 0.3 is 0 Å². The molecule has 0 spiro atoms. The van der Waals surface area contributed by atoms with Crippen molar-refractivity contribution in [1.82, 2.24) is 15.3 Å². The molecule has 0 aliphatic heterocycles. The van der Waals surface area contributed by atoms with Gasteiger partial charge in [0.2, 0.25) is 0 Å². The molecule has 1 aromatic heterocycles. The molecule has 0 fully saturated rings. The van der Waals surface area contributed by atoms with Crippen LogP contribution in [-0.2, 0) is 0 Å². The molecule has 2 N–H and O–H groups in total. The summed E-state index contributed by atoms with van der Waals surface area (Å²) in [4.78, 5) is 19.2. The van der Waals surface area contributed by atoms with Crippen LogP contribution >= 0.6 is 11.6 Å². The van der Waals surface area contributed by atoms with Gasteiger partial charge in [0.25, 0.3) is 5.56 Å². The van der Waals surface area contributed by atoms with E-state index in [2.05, 4.69) is 22.2 Å². The van der Waals surface area contributed by atoms with Crippen LogP contribution in [0.3, 0.4) is 0 Å².